The molecule has 0 aliphatic carbocycles. The number of rotatable bonds is 6. The predicted octanol–water partition coefficient (Wildman–Crippen LogP) is 1.17. The van der Waals surface area contributed by atoms with E-state index in [0.29, 0.717) is 18.4 Å². The third kappa shape index (κ3) is 4.10. The van der Waals surface area contributed by atoms with Crippen LogP contribution in [0.15, 0.2) is 0 Å². The van der Waals surface area contributed by atoms with E-state index in [2.05, 4.69) is 24.1 Å². The molecule has 1 rings (SSSR count). The van der Waals surface area contributed by atoms with E-state index < -0.39 is 12.0 Å². The van der Waals surface area contributed by atoms with Crippen molar-refractivity contribution >= 4 is 5.97 Å². The first kappa shape index (κ1) is 13.5. The monoisotopic (exact) mass is 228 g/mol. The average Bonchev–Trinajstić information content (AvgIpc) is 2.52. The van der Waals surface area contributed by atoms with Crippen molar-refractivity contribution in [2.24, 2.45) is 5.41 Å². The van der Waals surface area contributed by atoms with Crippen LogP contribution in [-0.2, 0) is 4.79 Å². The number of nitrogens with zero attached hydrogens (tertiary/aromatic N) is 1. The molecule has 4 heteroatoms. The number of hydrogen-bond donors (Lipinski definition) is 2. The van der Waals surface area contributed by atoms with E-state index in [9.17, 15) is 4.79 Å². The molecular formula is C12H24N2O2. The quantitative estimate of drug-likeness (QED) is 0.716. The fourth-order valence-corrected chi connectivity index (χ4v) is 2.29. The lowest BCUT2D eigenvalue weighted by Gasteiger charge is -2.21. The van der Waals surface area contributed by atoms with Crippen molar-refractivity contribution in [3.05, 3.63) is 0 Å². The van der Waals surface area contributed by atoms with E-state index in [1.54, 1.807) is 0 Å². The molecule has 16 heavy (non-hydrogen) atoms. The van der Waals surface area contributed by atoms with E-state index in [0.717, 1.165) is 19.6 Å². The Morgan fingerprint density at radius 3 is 2.69 bits per heavy atom. The molecule has 1 saturated heterocycles. The second-order valence-electron chi connectivity index (χ2n) is 5.43. The average molecular weight is 228 g/mol. The number of hydrogen-bond acceptors (Lipinski definition) is 3. The summed E-state index contributed by atoms with van der Waals surface area (Å²) in [5.74, 6) is -0.736. The number of nitrogens with one attached hydrogen (secondary N) is 1. The van der Waals surface area contributed by atoms with Gasteiger partial charge in [-0.3, -0.25) is 4.79 Å². The fraction of sp³-hybridized carbons (Fsp3) is 0.917. The van der Waals surface area contributed by atoms with Gasteiger partial charge in [0.05, 0.1) is 0 Å². The molecule has 1 heterocycles. The van der Waals surface area contributed by atoms with Gasteiger partial charge in [0.1, 0.15) is 6.04 Å². The summed E-state index contributed by atoms with van der Waals surface area (Å²) in [5.41, 5.74) is 0.400. The topological polar surface area (TPSA) is 52.6 Å². The zero-order valence-corrected chi connectivity index (χ0v) is 10.6. The van der Waals surface area contributed by atoms with Crippen molar-refractivity contribution in [3.8, 4) is 0 Å². The Morgan fingerprint density at radius 1 is 1.56 bits per heavy atom. The Kier molecular flexibility index (Phi) is 4.74. The summed E-state index contributed by atoms with van der Waals surface area (Å²) in [5, 5.41) is 12.0. The van der Waals surface area contributed by atoms with Gasteiger partial charge in [0.2, 0.25) is 0 Å². The van der Waals surface area contributed by atoms with Crippen molar-refractivity contribution in [2.45, 2.75) is 39.7 Å². The van der Waals surface area contributed by atoms with Gasteiger partial charge in [-0.1, -0.05) is 20.8 Å². The third-order valence-corrected chi connectivity index (χ3v) is 3.24. The Morgan fingerprint density at radius 2 is 2.25 bits per heavy atom. The molecule has 0 bridgehead atoms. The molecule has 1 unspecified atom stereocenters. The van der Waals surface area contributed by atoms with E-state index in [-0.39, 0.29) is 0 Å². The minimum Gasteiger partial charge on any atom is -0.480 e. The minimum atomic E-state index is -0.736. The maximum absolute atomic E-state index is 10.9. The van der Waals surface area contributed by atoms with E-state index in [1.165, 1.54) is 6.42 Å². The molecule has 0 aromatic carbocycles. The summed E-state index contributed by atoms with van der Waals surface area (Å²) in [6.45, 7) is 10.3. The maximum atomic E-state index is 10.9. The molecule has 0 aromatic heterocycles. The van der Waals surface area contributed by atoms with Crippen molar-refractivity contribution in [1.29, 1.82) is 0 Å². The first-order valence-electron chi connectivity index (χ1n) is 6.13. The van der Waals surface area contributed by atoms with Crippen LogP contribution in [0.1, 0.15) is 33.6 Å². The van der Waals surface area contributed by atoms with Crippen LogP contribution >= 0.6 is 0 Å². The van der Waals surface area contributed by atoms with Gasteiger partial charge < -0.3 is 15.3 Å². The van der Waals surface area contributed by atoms with Crippen LogP contribution in [-0.4, -0.2) is 48.2 Å². The van der Waals surface area contributed by atoms with Gasteiger partial charge in [0.15, 0.2) is 0 Å². The highest BCUT2D eigenvalue weighted by Crippen LogP contribution is 2.28. The molecule has 4 nitrogen and oxygen atoms in total. The molecule has 1 aliphatic rings. The van der Waals surface area contributed by atoms with Gasteiger partial charge in [-0.25, -0.2) is 0 Å². The summed E-state index contributed by atoms with van der Waals surface area (Å²) in [7, 11) is 0. The van der Waals surface area contributed by atoms with Gasteiger partial charge >= 0.3 is 5.97 Å². The SMILES string of the molecule is CCNC(CCN1CCC(C)(C)C1)C(=O)O. The summed E-state index contributed by atoms with van der Waals surface area (Å²) < 4.78 is 0. The first-order valence-corrected chi connectivity index (χ1v) is 6.13. The van der Waals surface area contributed by atoms with Gasteiger partial charge in [0, 0.05) is 13.1 Å². The van der Waals surface area contributed by atoms with Crippen molar-refractivity contribution in [3.63, 3.8) is 0 Å². The number of carboxylic acid groups (broad SMARTS) is 1. The van der Waals surface area contributed by atoms with Crippen LogP contribution in [0.5, 0.6) is 0 Å². The molecule has 0 radical (unpaired) electrons. The normalized spacial score (nSPS) is 22.2. The zero-order chi connectivity index (χ0) is 12.2. The van der Waals surface area contributed by atoms with E-state index in [4.69, 9.17) is 5.11 Å². The highest BCUT2D eigenvalue weighted by molar-refractivity contribution is 5.73. The van der Waals surface area contributed by atoms with Gasteiger partial charge in [-0.05, 0) is 31.3 Å². The van der Waals surface area contributed by atoms with Crippen LogP contribution in [0.3, 0.4) is 0 Å². The molecule has 2 N–H and O–H groups in total. The lowest BCUT2D eigenvalue weighted by atomic mass is 9.93. The highest BCUT2D eigenvalue weighted by atomic mass is 16.4. The van der Waals surface area contributed by atoms with Crippen LogP contribution in [0, 0.1) is 5.41 Å². The van der Waals surface area contributed by atoms with Crippen molar-refractivity contribution in [1.82, 2.24) is 10.2 Å². The summed E-state index contributed by atoms with van der Waals surface area (Å²) >= 11 is 0. The van der Waals surface area contributed by atoms with E-state index in [1.807, 2.05) is 6.92 Å². The Hall–Kier alpha value is -0.610. The van der Waals surface area contributed by atoms with Gasteiger partial charge in [0.25, 0.3) is 0 Å². The number of likely N-dealkylation sites (N-methyl/N-ethyl adjacent to an activating group) is 1. The molecule has 0 spiro atoms. The first-order chi connectivity index (χ1) is 7.44. The second kappa shape index (κ2) is 5.64. The van der Waals surface area contributed by atoms with Crippen LogP contribution < -0.4 is 5.32 Å². The molecule has 94 valence electrons. The minimum absolute atomic E-state index is 0.395. The number of likely N-dealkylation sites (tertiary alicyclic amines) is 1. The van der Waals surface area contributed by atoms with Crippen LogP contribution in [0.25, 0.3) is 0 Å². The van der Waals surface area contributed by atoms with Gasteiger partial charge in [-0.2, -0.15) is 0 Å². The smallest absolute Gasteiger partial charge is 0.320 e. The van der Waals surface area contributed by atoms with Crippen LogP contribution in [0.2, 0.25) is 0 Å². The lowest BCUT2D eigenvalue weighted by molar-refractivity contribution is -0.139. The standard InChI is InChI=1S/C12H24N2O2/c1-4-13-10(11(15)16)5-7-14-8-6-12(2,3)9-14/h10,13H,4-9H2,1-3H3,(H,15,16). The molecule has 0 amide bonds. The molecule has 1 fully saturated rings. The maximum Gasteiger partial charge on any atom is 0.320 e. The Labute approximate surface area is 98.0 Å². The molecule has 0 aromatic rings. The van der Waals surface area contributed by atoms with Crippen molar-refractivity contribution in [2.75, 3.05) is 26.2 Å². The fourth-order valence-electron chi connectivity index (χ4n) is 2.29. The molecule has 0 saturated carbocycles. The Balaban J connectivity index is 2.30. The Bertz CT molecular complexity index is 241. The lowest BCUT2D eigenvalue weighted by Crippen LogP contribution is -2.39. The summed E-state index contributed by atoms with van der Waals surface area (Å²) in [6.07, 6.45) is 1.91. The molecule has 1 atom stereocenters. The molecular weight excluding hydrogens is 204 g/mol. The van der Waals surface area contributed by atoms with Crippen molar-refractivity contribution < 1.29 is 9.90 Å². The third-order valence-electron chi connectivity index (χ3n) is 3.24. The zero-order valence-electron chi connectivity index (χ0n) is 10.6. The number of aliphatic carboxylic acids is 1. The highest BCUT2D eigenvalue weighted by Gasteiger charge is 2.29. The van der Waals surface area contributed by atoms with E-state index >= 15 is 0 Å². The summed E-state index contributed by atoms with van der Waals surface area (Å²) in [6, 6.07) is -0.395. The van der Waals surface area contributed by atoms with Gasteiger partial charge in [-0.15, -0.1) is 0 Å². The predicted molar refractivity (Wildman–Crippen MR) is 64.6 cm³/mol. The number of carboxylic acids is 1. The number of carbonyl (C=O) groups is 1. The molecule has 1 aliphatic heterocycles. The summed E-state index contributed by atoms with van der Waals surface area (Å²) in [4.78, 5) is 13.3. The van der Waals surface area contributed by atoms with Crippen LogP contribution in [0.4, 0.5) is 0 Å². The second-order valence-corrected chi connectivity index (χ2v) is 5.43. The largest absolute Gasteiger partial charge is 0.480 e.